The Balaban J connectivity index is 2.28. The zero-order valence-electron chi connectivity index (χ0n) is 15.5. The molecule has 10 heteroatoms. The number of carbonyl (C=O) groups is 1. The Morgan fingerprint density at radius 2 is 2.00 bits per heavy atom. The summed E-state index contributed by atoms with van der Waals surface area (Å²) in [6.45, 7) is 6.03. The normalized spacial score (nSPS) is 11.1. The van der Waals surface area contributed by atoms with Crippen LogP contribution in [0.4, 0.5) is 5.82 Å². The highest BCUT2D eigenvalue weighted by molar-refractivity contribution is 7.99. The van der Waals surface area contributed by atoms with E-state index in [1.165, 1.54) is 10.6 Å². The van der Waals surface area contributed by atoms with Crippen LogP contribution in [0.15, 0.2) is 25.6 Å². The third-order valence-corrected chi connectivity index (χ3v) is 4.56. The number of anilines is 1. The van der Waals surface area contributed by atoms with Crippen LogP contribution in [0.5, 0.6) is 0 Å². The molecule has 9 nitrogen and oxygen atoms in total. The molecule has 2 aromatic heterocycles. The minimum atomic E-state index is -0.815. The van der Waals surface area contributed by atoms with Crippen LogP contribution in [0.2, 0.25) is 0 Å². The predicted molar refractivity (Wildman–Crippen MR) is 104 cm³/mol. The van der Waals surface area contributed by atoms with Crippen molar-refractivity contribution in [3.05, 3.63) is 48.5 Å². The number of H-pyrrole nitrogens is 2. The van der Waals surface area contributed by atoms with Crippen LogP contribution >= 0.6 is 11.8 Å². The summed E-state index contributed by atoms with van der Waals surface area (Å²) < 4.78 is 1.19. The molecule has 2 aromatic rings. The van der Waals surface area contributed by atoms with Crippen LogP contribution < -0.4 is 22.5 Å². The van der Waals surface area contributed by atoms with Crippen molar-refractivity contribution in [2.75, 3.05) is 11.5 Å². The summed E-state index contributed by atoms with van der Waals surface area (Å²) >= 11 is 1.01. The first-order valence-electron chi connectivity index (χ1n) is 8.61. The summed E-state index contributed by atoms with van der Waals surface area (Å²) in [5.74, 6) is -0.737. The highest BCUT2D eigenvalue weighted by Gasteiger charge is 2.20. The molecule has 0 radical (unpaired) electrons. The molecule has 0 amide bonds. The Labute approximate surface area is 159 Å². The van der Waals surface area contributed by atoms with Crippen LogP contribution in [-0.4, -0.2) is 31.1 Å². The number of hydrogen-bond donors (Lipinski definition) is 3. The molecule has 0 fully saturated rings. The molecule has 0 aromatic carbocycles. The van der Waals surface area contributed by atoms with Crippen molar-refractivity contribution in [3.8, 4) is 0 Å². The number of rotatable bonds is 8. The van der Waals surface area contributed by atoms with Gasteiger partial charge in [0.2, 0.25) is 0 Å². The van der Waals surface area contributed by atoms with Gasteiger partial charge in [-0.05, 0) is 12.3 Å². The topological polar surface area (TPSA) is 144 Å². The highest BCUT2D eigenvalue weighted by atomic mass is 32.2. The second-order valence-corrected chi connectivity index (χ2v) is 7.49. The molecule has 2 rings (SSSR count). The van der Waals surface area contributed by atoms with Crippen LogP contribution in [0.1, 0.15) is 43.2 Å². The number of nitrogens with zero attached hydrogens (tertiary/aromatic N) is 2. The molecule has 0 aliphatic heterocycles. The van der Waals surface area contributed by atoms with Gasteiger partial charge < -0.3 is 10.7 Å². The Morgan fingerprint density at radius 3 is 2.63 bits per heavy atom. The molecule has 0 aliphatic carbocycles. The lowest BCUT2D eigenvalue weighted by Gasteiger charge is -2.13. The lowest BCUT2D eigenvalue weighted by molar-refractivity contribution is 0.102. The van der Waals surface area contributed by atoms with E-state index in [1.54, 1.807) is 0 Å². The van der Waals surface area contributed by atoms with E-state index >= 15 is 0 Å². The van der Waals surface area contributed by atoms with Gasteiger partial charge in [0, 0.05) is 18.3 Å². The first kappa shape index (κ1) is 20.7. The Hall–Kier alpha value is -2.62. The quantitative estimate of drug-likeness (QED) is 0.341. The second kappa shape index (κ2) is 8.85. The van der Waals surface area contributed by atoms with Gasteiger partial charge in [-0.2, -0.15) is 0 Å². The van der Waals surface area contributed by atoms with Crippen molar-refractivity contribution in [1.82, 2.24) is 19.5 Å². The van der Waals surface area contributed by atoms with E-state index in [0.29, 0.717) is 17.3 Å². The fourth-order valence-electron chi connectivity index (χ4n) is 2.55. The average molecular weight is 393 g/mol. The fraction of sp³-hybridized carbons (Fsp3) is 0.471. The smallest absolute Gasteiger partial charge is 0.329 e. The van der Waals surface area contributed by atoms with Gasteiger partial charge in [-0.1, -0.05) is 39.0 Å². The van der Waals surface area contributed by atoms with Gasteiger partial charge in [-0.25, -0.2) is 9.78 Å². The number of carbonyl (C=O) groups excluding carboxylic acids is 1. The monoisotopic (exact) mass is 393 g/mol. The molecule has 0 saturated carbocycles. The molecule has 0 atom stereocenters. The molecule has 0 unspecified atom stereocenters. The number of hydrogen-bond acceptors (Lipinski definition) is 7. The highest BCUT2D eigenvalue weighted by Crippen LogP contribution is 2.16. The lowest BCUT2D eigenvalue weighted by atomic mass is 10.2. The Morgan fingerprint density at radius 1 is 1.30 bits per heavy atom. The van der Waals surface area contributed by atoms with E-state index in [2.05, 4.69) is 15.0 Å². The molecular formula is C17H23N5O4S. The van der Waals surface area contributed by atoms with E-state index in [-0.39, 0.29) is 35.2 Å². The molecule has 2 heterocycles. The number of thioether (sulfide) groups is 1. The molecule has 0 bridgehead atoms. The van der Waals surface area contributed by atoms with Crippen LogP contribution in [0.25, 0.3) is 0 Å². The molecule has 27 heavy (non-hydrogen) atoms. The zero-order chi connectivity index (χ0) is 20.1. The van der Waals surface area contributed by atoms with Crippen molar-refractivity contribution in [2.24, 2.45) is 5.92 Å². The summed E-state index contributed by atoms with van der Waals surface area (Å²) in [6, 6.07) is 1.42. The third kappa shape index (κ3) is 5.19. The first-order valence-corrected chi connectivity index (χ1v) is 9.60. The standard InChI is InChI=1S/C17H23N5O4S/c1-4-5-10-6-12(24)20-16(19-10)27-8-11(23)13-14(18)22(7-9(2)3)17(26)21-15(13)25/h6,9H,4-5,7-8,18H2,1-3H3,(H,19,20,24)(H,21,25,26). The SMILES string of the molecule is CCCc1cc(=O)[nH]c(SCC(=O)c2c(N)n(CC(C)C)c(=O)[nH]c2=O)n1. The molecule has 0 spiro atoms. The van der Waals surface area contributed by atoms with Crippen molar-refractivity contribution >= 4 is 23.4 Å². The first-order chi connectivity index (χ1) is 12.7. The number of nitrogens with two attached hydrogens (primary N) is 1. The summed E-state index contributed by atoms with van der Waals surface area (Å²) in [4.78, 5) is 57.3. The van der Waals surface area contributed by atoms with E-state index in [4.69, 9.17) is 5.73 Å². The van der Waals surface area contributed by atoms with Crippen LogP contribution in [0, 0.1) is 5.92 Å². The van der Waals surface area contributed by atoms with Gasteiger partial charge in [0.15, 0.2) is 10.9 Å². The molecule has 0 saturated heterocycles. The number of ketones is 1. The van der Waals surface area contributed by atoms with Crippen molar-refractivity contribution in [1.29, 1.82) is 0 Å². The fourth-order valence-corrected chi connectivity index (χ4v) is 3.31. The van der Waals surface area contributed by atoms with E-state index in [9.17, 15) is 19.2 Å². The number of Topliss-reactive ketones (excluding diaryl/α,β-unsaturated/α-hetero) is 1. The lowest BCUT2D eigenvalue weighted by Crippen LogP contribution is -2.37. The van der Waals surface area contributed by atoms with Crippen molar-refractivity contribution < 1.29 is 4.79 Å². The minimum absolute atomic E-state index is 0.101. The third-order valence-electron chi connectivity index (χ3n) is 3.69. The van der Waals surface area contributed by atoms with Gasteiger partial charge in [0.05, 0.1) is 5.75 Å². The van der Waals surface area contributed by atoms with Gasteiger partial charge >= 0.3 is 5.69 Å². The van der Waals surface area contributed by atoms with Crippen molar-refractivity contribution in [3.63, 3.8) is 0 Å². The van der Waals surface area contributed by atoms with Crippen LogP contribution in [0.3, 0.4) is 0 Å². The molecule has 0 aliphatic rings. The van der Waals surface area contributed by atoms with Gasteiger partial charge in [0.1, 0.15) is 11.4 Å². The number of nitrogen functional groups attached to an aromatic ring is 1. The summed E-state index contributed by atoms with van der Waals surface area (Å²) in [6.07, 6.45) is 1.49. The minimum Gasteiger partial charge on any atom is -0.384 e. The number of nitrogens with one attached hydrogen (secondary N) is 2. The Kier molecular flexibility index (Phi) is 6.78. The molecule has 4 N–H and O–H groups in total. The van der Waals surface area contributed by atoms with Gasteiger partial charge in [-0.15, -0.1) is 0 Å². The van der Waals surface area contributed by atoms with Crippen molar-refractivity contribution in [2.45, 2.75) is 45.3 Å². The maximum atomic E-state index is 12.5. The predicted octanol–water partition coefficient (Wildman–Crippen LogP) is 0.786. The van der Waals surface area contributed by atoms with E-state index < -0.39 is 17.0 Å². The second-order valence-electron chi connectivity index (χ2n) is 6.53. The van der Waals surface area contributed by atoms with Crippen LogP contribution in [-0.2, 0) is 13.0 Å². The van der Waals surface area contributed by atoms with E-state index in [0.717, 1.165) is 18.2 Å². The molecular weight excluding hydrogens is 370 g/mol. The van der Waals surface area contributed by atoms with Gasteiger partial charge in [-0.3, -0.25) is 23.9 Å². The molecule has 146 valence electrons. The maximum Gasteiger partial charge on any atom is 0.329 e. The van der Waals surface area contributed by atoms with Gasteiger partial charge in [0.25, 0.3) is 11.1 Å². The maximum absolute atomic E-state index is 12.5. The summed E-state index contributed by atoms with van der Waals surface area (Å²) in [5.41, 5.74) is 4.55. The average Bonchev–Trinajstić information content (AvgIpc) is 2.56. The number of aromatic amines is 2. The zero-order valence-corrected chi connectivity index (χ0v) is 16.3. The number of aryl methyl sites for hydroxylation is 1. The van der Waals surface area contributed by atoms with E-state index in [1.807, 2.05) is 20.8 Å². The largest absolute Gasteiger partial charge is 0.384 e. The number of aromatic nitrogens is 4. The Bertz CT molecular complexity index is 1010. The summed E-state index contributed by atoms with van der Waals surface area (Å²) in [7, 11) is 0. The summed E-state index contributed by atoms with van der Waals surface area (Å²) in [5, 5.41) is 0.296.